The van der Waals surface area contributed by atoms with Crippen LogP contribution in [0.15, 0.2) is 77.7 Å². The monoisotopic (exact) mass is 532 g/mol. The van der Waals surface area contributed by atoms with Crippen molar-refractivity contribution in [3.8, 4) is 0 Å². The van der Waals surface area contributed by atoms with E-state index < -0.39 is 28.4 Å². The summed E-state index contributed by atoms with van der Waals surface area (Å²) < 4.78 is 28.0. The summed E-state index contributed by atoms with van der Waals surface area (Å²) in [6, 6.07) is 17.5. The molecule has 0 fully saturated rings. The normalized spacial score (nSPS) is 11.4. The average Bonchev–Trinajstić information content (AvgIpc) is 2.82. The van der Waals surface area contributed by atoms with Crippen molar-refractivity contribution >= 4 is 56.9 Å². The molecule has 0 saturated heterocycles. The Morgan fingerprint density at radius 2 is 1.71 bits per heavy atom. The van der Waals surface area contributed by atoms with Gasteiger partial charge in [-0.05, 0) is 72.2 Å². The Bertz CT molecular complexity index is 1370. The number of hydrogen-bond donors (Lipinski definition) is 2. The highest BCUT2D eigenvalue weighted by Gasteiger charge is 2.28. The van der Waals surface area contributed by atoms with E-state index in [4.69, 9.17) is 28.3 Å². The van der Waals surface area contributed by atoms with Gasteiger partial charge < -0.3 is 10.4 Å². The van der Waals surface area contributed by atoms with Crippen LogP contribution in [0.1, 0.15) is 16.7 Å². The van der Waals surface area contributed by atoms with Crippen LogP contribution >= 0.6 is 23.2 Å². The van der Waals surface area contributed by atoms with Crippen molar-refractivity contribution in [2.24, 2.45) is 0 Å². The minimum Gasteiger partial charge on any atom is -0.478 e. The van der Waals surface area contributed by atoms with Crippen LogP contribution in [0.4, 0.5) is 5.69 Å². The number of anilines is 1. The number of halogens is 2. The largest absolute Gasteiger partial charge is 0.478 e. The second-order valence-electron chi connectivity index (χ2n) is 7.54. The molecule has 7 nitrogen and oxygen atoms in total. The van der Waals surface area contributed by atoms with Gasteiger partial charge >= 0.3 is 5.97 Å². The predicted molar refractivity (Wildman–Crippen MR) is 137 cm³/mol. The van der Waals surface area contributed by atoms with E-state index in [0.29, 0.717) is 21.2 Å². The van der Waals surface area contributed by atoms with Gasteiger partial charge in [-0.15, -0.1) is 0 Å². The van der Waals surface area contributed by atoms with Crippen LogP contribution in [0.25, 0.3) is 6.08 Å². The topological polar surface area (TPSA) is 104 Å². The minimum atomic E-state index is -4.12. The average molecular weight is 533 g/mol. The summed E-state index contributed by atoms with van der Waals surface area (Å²) >= 11 is 12.1. The van der Waals surface area contributed by atoms with Crippen molar-refractivity contribution in [1.29, 1.82) is 0 Å². The van der Waals surface area contributed by atoms with Crippen molar-refractivity contribution in [3.05, 3.63) is 99.5 Å². The zero-order chi connectivity index (χ0) is 25.6. The fourth-order valence-electron chi connectivity index (χ4n) is 3.26. The van der Waals surface area contributed by atoms with E-state index >= 15 is 0 Å². The van der Waals surface area contributed by atoms with Crippen LogP contribution in [0.5, 0.6) is 0 Å². The number of benzene rings is 3. The van der Waals surface area contributed by atoms with Gasteiger partial charge in [-0.25, -0.2) is 13.2 Å². The molecule has 0 aromatic heterocycles. The van der Waals surface area contributed by atoms with Gasteiger partial charge in [-0.2, -0.15) is 0 Å². The molecule has 3 aromatic rings. The van der Waals surface area contributed by atoms with E-state index in [0.717, 1.165) is 15.9 Å². The van der Waals surface area contributed by atoms with Crippen LogP contribution in [0.2, 0.25) is 10.0 Å². The Morgan fingerprint density at radius 3 is 2.40 bits per heavy atom. The molecule has 0 aliphatic carbocycles. The summed E-state index contributed by atoms with van der Waals surface area (Å²) in [5.41, 5.74) is 2.17. The lowest BCUT2D eigenvalue weighted by atomic mass is 10.1. The second kappa shape index (κ2) is 11.4. The van der Waals surface area contributed by atoms with E-state index in [1.165, 1.54) is 30.3 Å². The number of carbonyl (C=O) groups excluding carboxylic acids is 1. The highest BCUT2D eigenvalue weighted by Crippen LogP contribution is 2.31. The fraction of sp³-hybridized carbons (Fsp3) is 0.120. The molecule has 0 aliphatic rings. The fourth-order valence-corrected chi connectivity index (χ4v) is 5.03. The third-order valence-electron chi connectivity index (χ3n) is 5.06. The van der Waals surface area contributed by atoms with Crippen LogP contribution in [-0.4, -0.2) is 31.9 Å². The molecular formula is C25H22Cl2N2O5S. The molecule has 0 spiro atoms. The van der Waals surface area contributed by atoms with Gasteiger partial charge in [0, 0.05) is 22.7 Å². The third kappa shape index (κ3) is 6.85. The smallest absolute Gasteiger partial charge is 0.328 e. The number of amides is 1. The standard InChI is InChI=1S/C25H22Cl2N2O5S/c1-17-22(27)6-3-7-23(17)29(35(33,34)21-11-9-20(26)10-12-21)16-24(30)28-15-19-5-2-4-18(14-19)8-13-25(31)32/h2-14H,15-16H2,1H3,(H,28,30)(H,31,32)/b13-8+. The van der Waals surface area contributed by atoms with Crippen LogP contribution in [0, 0.1) is 6.92 Å². The van der Waals surface area contributed by atoms with Gasteiger partial charge in [-0.3, -0.25) is 9.10 Å². The molecule has 1 amide bonds. The molecule has 10 heteroatoms. The number of nitrogens with zero attached hydrogens (tertiary/aromatic N) is 1. The molecular weight excluding hydrogens is 511 g/mol. The van der Waals surface area contributed by atoms with E-state index in [1.54, 1.807) is 49.4 Å². The first-order valence-corrected chi connectivity index (χ1v) is 12.6. The Morgan fingerprint density at radius 1 is 1.03 bits per heavy atom. The van der Waals surface area contributed by atoms with Crippen molar-refractivity contribution in [1.82, 2.24) is 5.32 Å². The molecule has 0 saturated carbocycles. The number of carboxylic acids is 1. The number of aliphatic carboxylic acids is 1. The molecule has 2 N–H and O–H groups in total. The quantitative estimate of drug-likeness (QED) is 0.381. The molecule has 0 heterocycles. The number of rotatable bonds is 9. The van der Waals surface area contributed by atoms with Gasteiger partial charge in [0.15, 0.2) is 0 Å². The van der Waals surface area contributed by atoms with Crippen LogP contribution in [-0.2, 0) is 26.2 Å². The van der Waals surface area contributed by atoms with Gasteiger partial charge in [0.2, 0.25) is 5.91 Å². The predicted octanol–water partition coefficient (Wildman–Crippen LogP) is 4.91. The highest BCUT2D eigenvalue weighted by atomic mass is 35.5. The van der Waals surface area contributed by atoms with Crippen molar-refractivity contribution in [3.63, 3.8) is 0 Å². The highest BCUT2D eigenvalue weighted by molar-refractivity contribution is 7.92. The molecule has 35 heavy (non-hydrogen) atoms. The van der Waals surface area contributed by atoms with Gasteiger partial charge in [0.1, 0.15) is 6.54 Å². The zero-order valence-corrected chi connectivity index (χ0v) is 20.9. The Hall–Kier alpha value is -3.33. The lowest BCUT2D eigenvalue weighted by Gasteiger charge is -2.26. The van der Waals surface area contributed by atoms with E-state index in [1.807, 2.05) is 0 Å². The van der Waals surface area contributed by atoms with E-state index in [9.17, 15) is 18.0 Å². The Kier molecular flexibility index (Phi) is 8.56. The summed E-state index contributed by atoms with van der Waals surface area (Å²) in [7, 11) is -4.12. The maximum Gasteiger partial charge on any atom is 0.328 e. The molecule has 3 aromatic carbocycles. The first kappa shape index (κ1) is 26.3. The lowest BCUT2D eigenvalue weighted by Crippen LogP contribution is -2.41. The van der Waals surface area contributed by atoms with Gasteiger partial charge in [-0.1, -0.05) is 47.5 Å². The van der Waals surface area contributed by atoms with Crippen molar-refractivity contribution in [2.75, 3.05) is 10.8 Å². The molecule has 182 valence electrons. The number of sulfonamides is 1. The molecule has 0 atom stereocenters. The molecule has 0 bridgehead atoms. The maximum absolute atomic E-state index is 13.5. The van der Waals surface area contributed by atoms with Gasteiger partial charge in [0.25, 0.3) is 10.0 Å². The summed E-state index contributed by atoms with van der Waals surface area (Å²) in [4.78, 5) is 23.6. The van der Waals surface area contributed by atoms with E-state index in [-0.39, 0.29) is 17.1 Å². The summed E-state index contributed by atoms with van der Waals surface area (Å²) in [5, 5.41) is 12.3. The maximum atomic E-state index is 13.5. The molecule has 0 unspecified atom stereocenters. The van der Waals surface area contributed by atoms with Crippen molar-refractivity contribution in [2.45, 2.75) is 18.4 Å². The van der Waals surface area contributed by atoms with Gasteiger partial charge in [0.05, 0.1) is 10.6 Å². The number of carboxylic acid groups (broad SMARTS) is 1. The molecule has 3 rings (SSSR count). The SMILES string of the molecule is Cc1c(Cl)cccc1N(CC(=O)NCc1cccc(/C=C/C(=O)O)c1)S(=O)(=O)c1ccc(Cl)cc1. The first-order valence-electron chi connectivity index (χ1n) is 10.4. The molecule has 0 aliphatic heterocycles. The van der Waals surface area contributed by atoms with Crippen molar-refractivity contribution < 1.29 is 23.1 Å². The van der Waals surface area contributed by atoms with Crippen LogP contribution < -0.4 is 9.62 Å². The summed E-state index contributed by atoms with van der Waals surface area (Å²) in [6.07, 6.45) is 2.46. The summed E-state index contributed by atoms with van der Waals surface area (Å²) in [5.74, 6) is -1.60. The number of hydrogen-bond acceptors (Lipinski definition) is 4. The van der Waals surface area contributed by atoms with E-state index in [2.05, 4.69) is 5.32 Å². The minimum absolute atomic E-state index is 0.0213. The Labute approximate surface area is 213 Å². The zero-order valence-electron chi connectivity index (χ0n) is 18.6. The number of nitrogens with one attached hydrogen (secondary N) is 1. The number of carbonyl (C=O) groups is 2. The lowest BCUT2D eigenvalue weighted by molar-refractivity contribution is -0.131. The van der Waals surface area contributed by atoms with Crippen LogP contribution in [0.3, 0.4) is 0 Å². The summed E-state index contributed by atoms with van der Waals surface area (Å²) in [6.45, 7) is 1.32. The Balaban J connectivity index is 1.85. The first-order chi connectivity index (χ1) is 16.6. The third-order valence-corrected chi connectivity index (χ3v) is 7.49. The second-order valence-corrected chi connectivity index (χ2v) is 10.2. The molecule has 0 radical (unpaired) electrons.